The third-order valence-corrected chi connectivity index (χ3v) is 4.86. The first-order valence-electron chi connectivity index (χ1n) is 7.07. The second-order valence-corrected chi connectivity index (χ2v) is 6.67. The molecule has 1 aromatic carbocycles. The zero-order valence-corrected chi connectivity index (χ0v) is 13.5. The topological polar surface area (TPSA) is 43.6 Å². The number of nitrogens with zero attached hydrogens (tertiary/aromatic N) is 2. The molecular weight excluding hydrogens is 296 g/mol. The summed E-state index contributed by atoms with van der Waals surface area (Å²) in [7, 11) is 0.568. The lowest BCUT2D eigenvalue weighted by Crippen LogP contribution is -1.97. The fourth-order valence-electron chi connectivity index (χ4n) is 2.40. The zero-order chi connectivity index (χ0) is 15.5. The molecule has 114 valence electrons. The largest absolute Gasteiger partial charge is 0.380 e. The van der Waals surface area contributed by atoms with Gasteiger partial charge >= 0.3 is 0 Å². The number of benzene rings is 1. The summed E-state index contributed by atoms with van der Waals surface area (Å²) in [4.78, 5) is 5.39. The molecular formula is C17H18N2O2S. The Labute approximate surface area is 132 Å². The standard InChI is InChI=1S/C17H18N2O2S/c1-13-4-3-9-19-10-15(18-17(13)19)12-22(20)16-7-5-14(6-8-16)11-21-2/h3-10H,11-12H2,1-2H3. The molecule has 4 nitrogen and oxygen atoms in total. The van der Waals surface area contributed by atoms with Crippen LogP contribution in [-0.4, -0.2) is 20.7 Å². The molecule has 22 heavy (non-hydrogen) atoms. The molecule has 3 aromatic rings. The minimum Gasteiger partial charge on any atom is -0.380 e. The van der Waals surface area contributed by atoms with E-state index in [-0.39, 0.29) is 0 Å². The van der Waals surface area contributed by atoms with Gasteiger partial charge in [-0.15, -0.1) is 0 Å². The van der Waals surface area contributed by atoms with Gasteiger partial charge in [-0.05, 0) is 36.2 Å². The second-order valence-electron chi connectivity index (χ2n) is 5.22. The van der Waals surface area contributed by atoms with Crippen molar-refractivity contribution in [1.29, 1.82) is 0 Å². The van der Waals surface area contributed by atoms with Crippen LogP contribution < -0.4 is 0 Å². The SMILES string of the molecule is COCc1ccc(S(=O)Cc2cn3cccc(C)c3n2)cc1. The summed E-state index contributed by atoms with van der Waals surface area (Å²) in [6.45, 7) is 2.59. The van der Waals surface area contributed by atoms with E-state index < -0.39 is 10.8 Å². The number of methoxy groups -OCH3 is 1. The van der Waals surface area contributed by atoms with E-state index in [1.165, 1.54) is 0 Å². The van der Waals surface area contributed by atoms with Crippen LogP contribution >= 0.6 is 0 Å². The van der Waals surface area contributed by atoms with Gasteiger partial charge < -0.3 is 9.14 Å². The number of ether oxygens (including phenoxy) is 1. The molecule has 3 rings (SSSR count). The fourth-order valence-corrected chi connectivity index (χ4v) is 3.41. The minimum atomic E-state index is -1.10. The molecule has 0 N–H and O–H groups in total. The number of aromatic nitrogens is 2. The number of imidazole rings is 1. The number of rotatable bonds is 5. The Hall–Kier alpha value is -1.98. The summed E-state index contributed by atoms with van der Waals surface area (Å²) in [5.41, 5.74) is 3.95. The molecule has 1 atom stereocenters. The Morgan fingerprint density at radius 2 is 2.00 bits per heavy atom. The van der Waals surface area contributed by atoms with Crippen LogP contribution in [0.5, 0.6) is 0 Å². The average Bonchev–Trinajstić information content (AvgIpc) is 2.92. The Bertz CT molecular complexity index is 809. The highest BCUT2D eigenvalue weighted by atomic mass is 32.2. The van der Waals surface area contributed by atoms with Crippen molar-refractivity contribution in [3.8, 4) is 0 Å². The number of hydrogen-bond acceptors (Lipinski definition) is 3. The maximum atomic E-state index is 12.5. The van der Waals surface area contributed by atoms with Gasteiger partial charge in [-0.25, -0.2) is 4.98 Å². The molecule has 0 amide bonds. The highest BCUT2D eigenvalue weighted by molar-refractivity contribution is 7.84. The first kappa shape index (κ1) is 14.9. The predicted molar refractivity (Wildman–Crippen MR) is 87.2 cm³/mol. The van der Waals surface area contributed by atoms with Crippen LogP contribution in [0.3, 0.4) is 0 Å². The maximum Gasteiger partial charge on any atom is 0.139 e. The molecule has 0 radical (unpaired) electrons. The van der Waals surface area contributed by atoms with Crippen LogP contribution in [0, 0.1) is 6.92 Å². The summed E-state index contributed by atoms with van der Waals surface area (Å²) in [6, 6.07) is 11.7. The van der Waals surface area contributed by atoms with Crippen molar-refractivity contribution in [3.63, 3.8) is 0 Å². The van der Waals surface area contributed by atoms with Crippen molar-refractivity contribution < 1.29 is 8.95 Å². The van der Waals surface area contributed by atoms with Gasteiger partial charge in [0.25, 0.3) is 0 Å². The van der Waals surface area contributed by atoms with Gasteiger partial charge in [0, 0.05) is 24.4 Å². The first-order valence-corrected chi connectivity index (χ1v) is 8.39. The number of hydrogen-bond donors (Lipinski definition) is 0. The number of aryl methyl sites for hydroxylation is 1. The van der Waals surface area contributed by atoms with E-state index in [9.17, 15) is 4.21 Å². The Morgan fingerprint density at radius 3 is 2.68 bits per heavy atom. The van der Waals surface area contributed by atoms with Crippen molar-refractivity contribution in [1.82, 2.24) is 9.38 Å². The van der Waals surface area contributed by atoms with Crippen LogP contribution in [-0.2, 0) is 27.9 Å². The number of fused-ring (bicyclic) bond motifs is 1. The van der Waals surface area contributed by atoms with Gasteiger partial charge in [-0.3, -0.25) is 4.21 Å². The average molecular weight is 314 g/mol. The molecule has 0 fully saturated rings. The summed E-state index contributed by atoms with van der Waals surface area (Å²) in [6.07, 6.45) is 3.90. The van der Waals surface area contributed by atoms with E-state index in [0.717, 1.165) is 27.4 Å². The highest BCUT2D eigenvalue weighted by Crippen LogP contribution is 2.16. The van der Waals surface area contributed by atoms with Crippen molar-refractivity contribution in [2.75, 3.05) is 7.11 Å². The Kier molecular flexibility index (Phi) is 4.36. The van der Waals surface area contributed by atoms with Gasteiger partial charge in [-0.2, -0.15) is 0 Å². The molecule has 2 aromatic heterocycles. The molecule has 0 aliphatic heterocycles. The number of pyridine rings is 1. The third-order valence-electron chi connectivity index (χ3n) is 3.50. The molecule has 0 aliphatic rings. The molecule has 0 saturated heterocycles. The van der Waals surface area contributed by atoms with Crippen molar-refractivity contribution in [2.24, 2.45) is 0 Å². The lowest BCUT2D eigenvalue weighted by molar-refractivity contribution is 0.185. The normalized spacial score (nSPS) is 12.6. The van der Waals surface area contributed by atoms with Gasteiger partial charge in [-0.1, -0.05) is 18.2 Å². The Morgan fingerprint density at radius 1 is 1.23 bits per heavy atom. The molecule has 1 unspecified atom stereocenters. The molecule has 5 heteroatoms. The van der Waals surface area contributed by atoms with Crippen molar-refractivity contribution in [2.45, 2.75) is 24.2 Å². The lowest BCUT2D eigenvalue weighted by atomic mass is 10.2. The summed E-state index contributed by atoms with van der Waals surface area (Å²) in [5.74, 6) is 0.421. The quantitative estimate of drug-likeness (QED) is 0.727. The Balaban J connectivity index is 1.79. The predicted octanol–water partition coefficient (Wildman–Crippen LogP) is 3.10. The van der Waals surface area contributed by atoms with E-state index in [1.54, 1.807) is 7.11 Å². The van der Waals surface area contributed by atoms with E-state index in [4.69, 9.17) is 4.74 Å². The van der Waals surface area contributed by atoms with Crippen molar-refractivity contribution >= 4 is 16.4 Å². The molecule has 0 bridgehead atoms. The second kappa shape index (κ2) is 6.42. The van der Waals surface area contributed by atoms with E-state index >= 15 is 0 Å². The van der Waals surface area contributed by atoms with Crippen LogP contribution in [0.1, 0.15) is 16.8 Å². The van der Waals surface area contributed by atoms with Crippen LogP contribution in [0.25, 0.3) is 5.65 Å². The van der Waals surface area contributed by atoms with E-state index in [1.807, 2.05) is 60.1 Å². The van der Waals surface area contributed by atoms with E-state index in [0.29, 0.717) is 12.4 Å². The molecule has 0 saturated carbocycles. The van der Waals surface area contributed by atoms with Gasteiger partial charge in [0.1, 0.15) is 5.65 Å². The zero-order valence-electron chi connectivity index (χ0n) is 12.7. The lowest BCUT2D eigenvalue weighted by Gasteiger charge is -2.03. The minimum absolute atomic E-state index is 0.421. The molecule has 2 heterocycles. The summed E-state index contributed by atoms with van der Waals surface area (Å²) in [5, 5.41) is 0. The van der Waals surface area contributed by atoms with Gasteiger partial charge in [0.05, 0.1) is 28.9 Å². The van der Waals surface area contributed by atoms with Gasteiger partial charge in [0.2, 0.25) is 0 Å². The van der Waals surface area contributed by atoms with Crippen LogP contribution in [0.4, 0.5) is 0 Å². The van der Waals surface area contributed by atoms with Crippen LogP contribution in [0.2, 0.25) is 0 Å². The molecule has 0 spiro atoms. The third kappa shape index (κ3) is 3.10. The maximum absolute atomic E-state index is 12.5. The smallest absolute Gasteiger partial charge is 0.139 e. The highest BCUT2D eigenvalue weighted by Gasteiger charge is 2.09. The molecule has 0 aliphatic carbocycles. The monoisotopic (exact) mass is 314 g/mol. The van der Waals surface area contributed by atoms with E-state index in [2.05, 4.69) is 4.98 Å². The summed E-state index contributed by atoms with van der Waals surface area (Å²) < 4.78 is 19.5. The fraction of sp³-hybridized carbons (Fsp3) is 0.235. The van der Waals surface area contributed by atoms with Crippen molar-refractivity contribution in [3.05, 3.63) is 65.6 Å². The van der Waals surface area contributed by atoms with Gasteiger partial charge in [0.15, 0.2) is 0 Å². The van der Waals surface area contributed by atoms with Crippen LogP contribution in [0.15, 0.2) is 53.7 Å². The summed E-state index contributed by atoms with van der Waals surface area (Å²) >= 11 is 0. The first-order chi connectivity index (χ1) is 10.7.